The highest BCUT2D eigenvalue weighted by atomic mass is 32.2. The summed E-state index contributed by atoms with van der Waals surface area (Å²) in [5.74, 6) is -2.74. The minimum absolute atomic E-state index is 0.130. The Balaban J connectivity index is 0.000000739. The molecule has 0 radical (unpaired) electrons. The number of quaternary nitrogens is 1. The summed E-state index contributed by atoms with van der Waals surface area (Å²) in [6.45, 7) is 2.88. The van der Waals surface area contributed by atoms with Gasteiger partial charge in [0.25, 0.3) is 11.8 Å². The van der Waals surface area contributed by atoms with Crippen LogP contribution in [0.25, 0.3) is 0 Å². The number of nitrogens with one attached hydrogen (secondary N) is 1. The minimum Gasteiger partial charge on any atom is -0.543 e. The molecule has 2 atom stereocenters. The summed E-state index contributed by atoms with van der Waals surface area (Å²) < 4.78 is 9.75. The van der Waals surface area contributed by atoms with Crippen LogP contribution < -0.4 is 21.9 Å². The molecule has 0 aliphatic carbocycles. The van der Waals surface area contributed by atoms with Gasteiger partial charge in [0.1, 0.15) is 25.1 Å². The molecule has 13 nitrogen and oxygen atoms in total. The van der Waals surface area contributed by atoms with Crippen LogP contribution in [0.4, 0.5) is 4.79 Å². The maximum absolute atomic E-state index is 12.5. The fraction of sp³-hybridized carbons (Fsp3) is 0.450. The predicted octanol–water partition coefficient (Wildman–Crippen LogP) is -1.84. The zero-order valence-corrected chi connectivity index (χ0v) is 19.6. The first-order valence-corrected chi connectivity index (χ1v) is 11.4. The van der Waals surface area contributed by atoms with Crippen LogP contribution in [0.2, 0.25) is 0 Å². The van der Waals surface area contributed by atoms with Gasteiger partial charge in [-0.3, -0.25) is 14.5 Å². The number of thioether (sulfide) groups is 1. The summed E-state index contributed by atoms with van der Waals surface area (Å²) in [6.07, 6.45) is 2.82. The minimum atomic E-state index is -1.60. The molecule has 3 amide bonds. The molecule has 14 heteroatoms. The van der Waals surface area contributed by atoms with Gasteiger partial charge in [-0.2, -0.15) is 0 Å². The van der Waals surface area contributed by atoms with Gasteiger partial charge in [0.2, 0.25) is 5.71 Å². The average Bonchev–Trinajstić information content (AvgIpc) is 3.34. The van der Waals surface area contributed by atoms with Gasteiger partial charge in [0.05, 0.1) is 24.5 Å². The lowest BCUT2D eigenvalue weighted by Crippen LogP contribution is -2.71. The second-order valence-electron chi connectivity index (χ2n) is 7.02. The molecule has 6 N–H and O–H groups in total. The second-order valence-corrected chi connectivity index (χ2v) is 8.12. The number of carbonyl (C=O) groups excluding carboxylic acids is 4. The van der Waals surface area contributed by atoms with Crippen molar-refractivity contribution in [2.75, 3.05) is 26.0 Å². The topological polar surface area (TPSA) is 204 Å². The molecule has 1 fully saturated rings. The van der Waals surface area contributed by atoms with Crippen molar-refractivity contribution < 1.29 is 44.0 Å². The quantitative estimate of drug-likeness (QED) is 0.199. The molecule has 3 rings (SSSR count). The molecule has 3 heterocycles. The van der Waals surface area contributed by atoms with Crippen molar-refractivity contribution in [1.82, 2.24) is 10.2 Å². The number of hydrogen-bond donors (Lipinski definition) is 3. The highest BCUT2D eigenvalue weighted by molar-refractivity contribution is 8.00. The van der Waals surface area contributed by atoms with E-state index in [2.05, 4.69) is 32.7 Å². The number of aliphatic carboxylic acids is 1. The standard InChI is InChI=1S/C16H16N4O8S.C4H11N/c1-26-19-9(8-3-2-4-27-8)12(21)18-10-13(22)20-11(15(23)24)7(5-28-16(17)25)6-29-14(10)20;1-2-3-4-5/h2-4,10,14H,5-6H2,1H3,(H2,17,25)(H,18,21)(H,23,24);2-5H2,1H3/b19-9-;/t10-,14-;/m1./s1. The third-order valence-corrected chi connectivity index (χ3v) is 6.01. The third-order valence-electron chi connectivity index (χ3n) is 4.67. The molecule has 0 aromatic carbocycles. The van der Waals surface area contributed by atoms with E-state index in [4.69, 9.17) is 10.2 Å². The van der Waals surface area contributed by atoms with Crippen LogP contribution in [0, 0.1) is 0 Å². The number of unbranched alkanes of at least 4 members (excludes halogenated alkanes) is 1. The maximum atomic E-state index is 12.5. The lowest BCUT2D eigenvalue weighted by Gasteiger charge is -2.50. The van der Waals surface area contributed by atoms with Gasteiger partial charge in [-0.05, 0) is 18.6 Å². The van der Waals surface area contributed by atoms with Crippen LogP contribution in [0.5, 0.6) is 0 Å². The number of nitrogens with two attached hydrogens (primary N) is 1. The third kappa shape index (κ3) is 6.29. The first-order valence-electron chi connectivity index (χ1n) is 10.3. The molecule has 0 saturated carbocycles. The first-order chi connectivity index (χ1) is 16.3. The number of rotatable bonds is 9. The summed E-state index contributed by atoms with van der Waals surface area (Å²) >= 11 is 1.18. The number of hydrogen-bond acceptors (Lipinski definition) is 10. The summed E-state index contributed by atoms with van der Waals surface area (Å²) in [7, 11) is 1.25. The van der Waals surface area contributed by atoms with Crippen molar-refractivity contribution in [3.63, 3.8) is 0 Å². The van der Waals surface area contributed by atoms with E-state index in [9.17, 15) is 24.3 Å². The number of carboxylic acid groups (broad SMARTS) is 1. The lowest BCUT2D eigenvalue weighted by molar-refractivity contribution is -0.368. The lowest BCUT2D eigenvalue weighted by atomic mass is 10.0. The molecule has 2 aliphatic rings. The van der Waals surface area contributed by atoms with Crippen LogP contribution >= 0.6 is 11.8 Å². The Bertz CT molecular complexity index is 960. The van der Waals surface area contributed by atoms with Gasteiger partial charge < -0.3 is 40.7 Å². The predicted molar refractivity (Wildman–Crippen MR) is 118 cm³/mol. The number of amides is 3. The van der Waals surface area contributed by atoms with Gasteiger partial charge >= 0.3 is 6.09 Å². The maximum Gasteiger partial charge on any atom is 0.404 e. The molecule has 1 aromatic heterocycles. The van der Waals surface area contributed by atoms with E-state index in [-0.39, 0.29) is 29.4 Å². The number of ether oxygens (including phenoxy) is 1. The Morgan fingerprint density at radius 3 is 2.68 bits per heavy atom. The molecule has 0 spiro atoms. The van der Waals surface area contributed by atoms with Crippen molar-refractivity contribution in [2.45, 2.75) is 31.2 Å². The Labute approximate surface area is 199 Å². The van der Waals surface area contributed by atoms with Crippen LogP contribution in [0.3, 0.4) is 0 Å². The average molecular weight is 498 g/mol. The molecule has 1 aromatic rings. The van der Waals surface area contributed by atoms with Gasteiger partial charge in [-0.1, -0.05) is 18.5 Å². The zero-order valence-electron chi connectivity index (χ0n) is 18.8. The van der Waals surface area contributed by atoms with Crippen molar-refractivity contribution in [3.8, 4) is 0 Å². The van der Waals surface area contributed by atoms with E-state index < -0.39 is 41.0 Å². The number of primary amides is 1. The summed E-state index contributed by atoms with van der Waals surface area (Å²) in [5, 5.41) is 17.0. The summed E-state index contributed by atoms with van der Waals surface area (Å²) in [4.78, 5) is 53.0. The smallest absolute Gasteiger partial charge is 0.404 e. The number of nitrogens with zero attached hydrogens (tertiary/aromatic N) is 2. The fourth-order valence-electron chi connectivity index (χ4n) is 3.10. The van der Waals surface area contributed by atoms with Crippen molar-refractivity contribution in [1.29, 1.82) is 0 Å². The summed E-state index contributed by atoms with van der Waals surface area (Å²) in [5.41, 5.74) is 8.15. The number of carbonyl (C=O) groups is 4. The number of oxime groups is 1. The second kappa shape index (κ2) is 12.6. The van der Waals surface area contributed by atoms with Gasteiger partial charge in [0, 0.05) is 11.3 Å². The number of β-lactam (4-membered cyclic amide) rings is 1. The van der Waals surface area contributed by atoms with E-state index in [0.29, 0.717) is 0 Å². The molecular weight excluding hydrogens is 470 g/mol. The number of carboxylic acids is 1. The Morgan fingerprint density at radius 2 is 2.18 bits per heavy atom. The fourth-order valence-corrected chi connectivity index (χ4v) is 4.43. The van der Waals surface area contributed by atoms with Crippen molar-refractivity contribution in [2.24, 2.45) is 10.9 Å². The molecule has 0 unspecified atom stereocenters. The largest absolute Gasteiger partial charge is 0.543 e. The van der Waals surface area contributed by atoms with Crippen molar-refractivity contribution >= 4 is 41.4 Å². The molecule has 0 bridgehead atoms. The van der Waals surface area contributed by atoms with E-state index in [1.165, 1.54) is 44.0 Å². The van der Waals surface area contributed by atoms with Gasteiger partial charge in [-0.25, -0.2) is 4.79 Å². The van der Waals surface area contributed by atoms with Crippen molar-refractivity contribution in [3.05, 3.63) is 35.4 Å². The molecule has 2 aliphatic heterocycles. The Kier molecular flexibility index (Phi) is 9.94. The van der Waals surface area contributed by atoms with E-state index in [1.807, 2.05) is 0 Å². The summed E-state index contributed by atoms with van der Waals surface area (Å²) in [6, 6.07) is 2.04. The van der Waals surface area contributed by atoms with Gasteiger partial charge in [0.15, 0.2) is 5.76 Å². The number of fused-ring (bicyclic) bond motifs is 1. The normalized spacial score (nSPS) is 19.3. The molecule has 34 heavy (non-hydrogen) atoms. The number of furan rings is 1. The highest BCUT2D eigenvalue weighted by Gasteiger charge is 2.53. The van der Waals surface area contributed by atoms with Crippen LogP contribution in [0.1, 0.15) is 25.5 Å². The van der Waals surface area contributed by atoms with Crippen LogP contribution in [-0.2, 0) is 24.0 Å². The van der Waals surface area contributed by atoms with Gasteiger partial charge in [-0.15, -0.1) is 11.8 Å². The van der Waals surface area contributed by atoms with E-state index >= 15 is 0 Å². The van der Waals surface area contributed by atoms with E-state index in [0.717, 1.165) is 11.4 Å². The Morgan fingerprint density at radius 1 is 1.44 bits per heavy atom. The SMILES string of the molecule is CCCC[NH3+].CO/N=C(\C(=O)N[C@@H]1C(=O)N2C(C(=O)[O-])=C(COC(N)=O)CS[C@H]12)c1ccco1. The zero-order chi connectivity index (χ0) is 25.3. The highest BCUT2D eigenvalue weighted by Crippen LogP contribution is 2.40. The van der Waals surface area contributed by atoms with E-state index in [1.54, 1.807) is 6.07 Å². The van der Waals surface area contributed by atoms with Crippen LogP contribution in [-0.4, -0.2) is 71.9 Å². The molecule has 186 valence electrons. The van der Waals surface area contributed by atoms with Crippen LogP contribution in [0.15, 0.2) is 39.2 Å². The monoisotopic (exact) mass is 497 g/mol. The first kappa shape index (κ1) is 26.7. The Hall–Kier alpha value is -3.52. The molecule has 1 saturated heterocycles. The molecular formula is C20H27N5O8S.